The molecule has 202 valence electrons. The number of nitro benzene ring substituents is 1. The Kier molecular flexibility index (Phi) is 7.39. The third-order valence-corrected chi connectivity index (χ3v) is 7.23. The molecule has 0 aromatic heterocycles. The Hall–Kier alpha value is -4.90. The number of benzene rings is 3. The van der Waals surface area contributed by atoms with Crippen LogP contribution in [0.15, 0.2) is 84.4 Å². The summed E-state index contributed by atoms with van der Waals surface area (Å²) in [7, 11) is 0. The van der Waals surface area contributed by atoms with Crippen LogP contribution in [0.3, 0.4) is 0 Å². The summed E-state index contributed by atoms with van der Waals surface area (Å²) in [6, 6.07) is 21.9. The lowest BCUT2D eigenvalue weighted by molar-refractivity contribution is -0.384. The van der Waals surface area contributed by atoms with Crippen molar-refractivity contribution in [2.45, 2.75) is 6.92 Å². The van der Waals surface area contributed by atoms with Crippen molar-refractivity contribution in [3.05, 3.63) is 100 Å². The fourth-order valence-electron chi connectivity index (χ4n) is 4.82. The molecular formula is C29H25N5O5S. The Morgan fingerprint density at radius 3 is 1.85 bits per heavy atom. The van der Waals surface area contributed by atoms with Gasteiger partial charge in [0.25, 0.3) is 17.5 Å². The molecule has 2 aliphatic rings. The Morgan fingerprint density at radius 1 is 0.850 bits per heavy atom. The van der Waals surface area contributed by atoms with Gasteiger partial charge in [0, 0.05) is 56.5 Å². The number of anilines is 3. The number of nitrogens with zero attached hydrogens (tertiary/aromatic N) is 5. The van der Waals surface area contributed by atoms with Crippen LogP contribution >= 0.6 is 12.2 Å². The van der Waals surface area contributed by atoms with E-state index in [0.717, 1.165) is 0 Å². The third-order valence-electron chi connectivity index (χ3n) is 6.87. The van der Waals surface area contributed by atoms with Gasteiger partial charge in [-0.25, -0.2) is 0 Å². The number of nitro groups is 1. The molecule has 0 bridgehead atoms. The number of thiocarbonyl (C=S) groups is 1. The summed E-state index contributed by atoms with van der Waals surface area (Å²) in [5, 5.41) is 11.7. The van der Waals surface area contributed by atoms with Crippen LogP contribution < -0.4 is 14.7 Å². The molecule has 10 nitrogen and oxygen atoms in total. The predicted molar refractivity (Wildman–Crippen MR) is 156 cm³/mol. The Labute approximate surface area is 235 Å². The maximum Gasteiger partial charge on any atom is 0.270 e. The van der Waals surface area contributed by atoms with E-state index in [1.165, 1.54) is 34.9 Å². The Morgan fingerprint density at radius 2 is 1.38 bits per heavy atom. The summed E-state index contributed by atoms with van der Waals surface area (Å²) in [4.78, 5) is 57.0. The van der Waals surface area contributed by atoms with Crippen LogP contribution in [0.25, 0.3) is 6.08 Å². The highest BCUT2D eigenvalue weighted by molar-refractivity contribution is 7.81. The number of rotatable bonds is 5. The first-order chi connectivity index (χ1) is 19.3. The van der Waals surface area contributed by atoms with Crippen molar-refractivity contribution in [2.24, 2.45) is 0 Å². The van der Waals surface area contributed by atoms with Crippen LogP contribution in [0, 0.1) is 10.1 Å². The van der Waals surface area contributed by atoms with Crippen LogP contribution in [0.5, 0.6) is 0 Å². The van der Waals surface area contributed by atoms with E-state index in [1.54, 1.807) is 71.6 Å². The molecular weight excluding hydrogens is 530 g/mol. The first kappa shape index (κ1) is 26.7. The number of hydrogen-bond donors (Lipinski definition) is 0. The molecule has 0 saturated carbocycles. The summed E-state index contributed by atoms with van der Waals surface area (Å²) in [6.45, 7) is 3.47. The molecule has 0 radical (unpaired) electrons. The SMILES string of the molecule is CC(=O)N1CCN(c2ccc([N+](=O)[O-])cc2C=C2C(=O)N(c3ccccc3)C(=S)N(c3ccccc3)C2=O)CC1. The minimum Gasteiger partial charge on any atom is -0.367 e. The van der Waals surface area contributed by atoms with Crippen LogP contribution in [0.4, 0.5) is 22.7 Å². The van der Waals surface area contributed by atoms with Crippen LogP contribution in [-0.2, 0) is 14.4 Å². The van der Waals surface area contributed by atoms with Crippen molar-refractivity contribution in [3.63, 3.8) is 0 Å². The summed E-state index contributed by atoms with van der Waals surface area (Å²) >= 11 is 5.65. The van der Waals surface area contributed by atoms with Gasteiger partial charge < -0.3 is 9.80 Å². The largest absolute Gasteiger partial charge is 0.367 e. The molecule has 0 N–H and O–H groups in total. The number of hydrogen-bond acceptors (Lipinski definition) is 7. The first-order valence-corrected chi connectivity index (χ1v) is 13.0. The Bertz CT molecular complexity index is 1470. The molecule has 0 atom stereocenters. The van der Waals surface area contributed by atoms with E-state index in [4.69, 9.17) is 12.2 Å². The van der Waals surface area contributed by atoms with Gasteiger partial charge in [-0.3, -0.25) is 34.3 Å². The van der Waals surface area contributed by atoms with Crippen LogP contribution in [0.1, 0.15) is 12.5 Å². The highest BCUT2D eigenvalue weighted by Crippen LogP contribution is 2.33. The molecule has 11 heteroatoms. The van der Waals surface area contributed by atoms with Crippen molar-refractivity contribution >= 4 is 63.9 Å². The normalized spacial score (nSPS) is 15.9. The van der Waals surface area contributed by atoms with Crippen molar-refractivity contribution in [1.29, 1.82) is 0 Å². The second-order valence-electron chi connectivity index (χ2n) is 9.29. The van der Waals surface area contributed by atoms with Gasteiger partial charge in [0.15, 0.2) is 5.11 Å². The lowest BCUT2D eigenvalue weighted by Crippen LogP contribution is -2.57. The molecule has 3 aromatic rings. The van der Waals surface area contributed by atoms with Crippen LogP contribution in [0.2, 0.25) is 0 Å². The third kappa shape index (κ3) is 5.06. The minimum absolute atomic E-state index is 0.00386. The van der Waals surface area contributed by atoms with Crippen molar-refractivity contribution in [2.75, 3.05) is 40.9 Å². The van der Waals surface area contributed by atoms with Gasteiger partial charge in [-0.1, -0.05) is 36.4 Å². The fraction of sp³-hybridized carbons (Fsp3) is 0.172. The van der Waals surface area contributed by atoms with E-state index in [1.807, 2.05) is 4.90 Å². The molecule has 3 amide bonds. The molecule has 5 rings (SSSR count). The highest BCUT2D eigenvalue weighted by Gasteiger charge is 2.41. The molecule has 2 aliphatic heterocycles. The maximum absolute atomic E-state index is 13.9. The van der Waals surface area contributed by atoms with Crippen molar-refractivity contribution in [3.8, 4) is 0 Å². The standard InChI is InChI=1S/C29H25N5O5S/c1-20(35)30-14-16-31(17-15-30)26-13-12-24(34(38)39)18-21(26)19-25-27(36)32(22-8-4-2-5-9-22)29(40)33(28(25)37)23-10-6-3-7-11-23/h2-13,18-19H,14-17H2,1H3. The molecule has 0 unspecified atom stereocenters. The van der Waals surface area contributed by atoms with E-state index in [0.29, 0.717) is 48.8 Å². The second-order valence-corrected chi connectivity index (χ2v) is 9.65. The fourth-order valence-corrected chi connectivity index (χ4v) is 5.19. The summed E-state index contributed by atoms with van der Waals surface area (Å²) in [5.74, 6) is -1.29. The van der Waals surface area contributed by atoms with Gasteiger partial charge in [-0.2, -0.15) is 0 Å². The number of carbonyl (C=O) groups is 3. The molecule has 0 aliphatic carbocycles. The highest BCUT2D eigenvalue weighted by atomic mass is 32.1. The molecule has 3 aromatic carbocycles. The average molecular weight is 556 g/mol. The molecule has 2 fully saturated rings. The first-order valence-electron chi connectivity index (χ1n) is 12.6. The zero-order valence-electron chi connectivity index (χ0n) is 21.6. The summed E-state index contributed by atoms with van der Waals surface area (Å²) in [6.07, 6.45) is 1.40. The van der Waals surface area contributed by atoms with Gasteiger partial charge in [-0.15, -0.1) is 0 Å². The monoisotopic (exact) mass is 555 g/mol. The van der Waals surface area contributed by atoms with Gasteiger partial charge in [0.05, 0.1) is 16.3 Å². The van der Waals surface area contributed by atoms with Gasteiger partial charge >= 0.3 is 0 Å². The zero-order valence-corrected chi connectivity index (χ0v) is 22.4. The number of piperazine rings is 1. The maximum atomic E-state index is 13.9. The number of para-hydroxylation sites is 2. The number of carbonyl (C=O) groups excluding carboxylic acids is 3. The molecule has 0 spiro atoms. The van der Waals surface area contributed by atoms with E-state index in [9.17, 15) is 24.5 Å². The molecule has 2 heterocycles. The lowest BCUT2D eigenvalue weighted by atomic mass is 10.0. The van der Waals surface area contributed by atoms with Gasteiger partial charge in [0.2, 0.25) is 5.91 Å². The smallest absolute Gasteiger partial charge is 0.270 e. The zero-order chi connectivity index (χ0) is 28.4. The van der Waals surface area contributed by atoms with E-state index in [-0.39, 0.29) is 22.3 Å². The van der Waals surface area contributed by atoms with Crippen molar-refractivity contribution in [1.82, 2.24) is 4.90 Å². The van der Waals surface area contributed by atoms with Gasteiger partial charge in [0.1, 0.15) is 5.57 Å². The minimum atomic E-state index is -0.632. The summed E-state index contributed by atoms with van der Waals surface area (Å²) < 4.78 is 0. The lowest BCUT2D eigenvalue weighted by Gasteiger charge is -2.37. The van der Waals surface area contributed by atoms with Crippen LogP contribution in [-0.4, -0.2) is 58.8 Å². The predicted octanol–water partition coefficient (Wildman–Crippen LogP) is 4.01. The molecule has 2 saturated heterocycles. The topological polar surface area (TPSA) is 107 Å². The molecule has 40 heavy (non-hydrogen) atoms. The average Bonchev–Trinajstić information content (AvgIpc) is 2.96. The quantitative estimate of drug-likeness (QED) is 0.154. The van der Waals surface area contributed by atoms with Gasteiger partial charge in [-0.05, 0) is 48.6 Å². The van der Waals surface area contributed by atoms with E-state index >= 15 is 0 Å². The number of amides is 3. The van der Waals surface area contributed by atoms with E-state index in [2.05, 4.69) is 0 Å². The van der Waals surface area contributed by atoms with Crippen molar-refractivity contribution < 1.29 is 19.3 Å². The Balaban J connectivity index is 1.63. The van der Waals surface area contributed by atoms with E-state index < -0.39 is 16.7 Å². The summed E-state index contributed by atoms with van der Waals surface area (Å²) in [5.41, 5.74) is 1.56. The number of non-ortho nitro benzene ring substituents is 1. The second kappa shape index (κ2) is 11.1.